The van der Waals surface area contributed by atoms with Crippen LogP contribution in [0.2, 0.25) is 0 Å². The molecule has 3 N–H and O–H groups in total. The second-order valence-electron chi connectivity index (χ2n) is 9.03. The molecule has 0 aliphatic carbocycles. The maximum Gasteiger partial charge on any atom is 0.328 e. The van der Waals surface area contributed by atoms with Crippen molar-refractivity contribution in [1.29, 1.82) is 0 Å². The quantitative estimate of drug-likeness (QED) is 0.253. The Morgan fingerprint density at radius 1 is 1.21 bits per heavy atom. The molecule has 1 atom stereocenters. The van der Waals surface area contributed by atoms with Gasteiger partial charge in [-0.2, -0.15) is 0 Å². The molecule has 1 aliphatic heterocycles. The first kappa shape index (κ1) is 26.9. The van der Waals surface area contributed by atoms with Crippen LogP contribution in [-0.2, 0) is 20.2 Å². The number of carboxylic acids is 1. The molecule has 1 aromatic carbocycles. The lowest BCUT2D eigenvalue weighted by molar-refractivity contribution is -0.131. The van der Waals surface area contributed by atoms with Gasteiger partial charge in [-0.1, -0.05) is 50.8 Å². The highest BCUT2D eigenvalue weighted by Crippen LogP contribution is 2.40. The van der Waals surface area contributed by atoms with E-state index < -0.39 is 21.3 Å². The van der Waals surface area contributed by atoms with E-state index in [1.807, 2.05) is 26.0 Å². The number of allylic oxidation sites excluding steroid dienone is 5. The van der Waals surface area contributed by atoms with Gasteiger partial charge in [-0.05, 0) is 62.5 Å². The molecular formula is C26H37NO5S. The van der Waals surface area contributed by atoms with Crippen molar-refractivity contribution in [3.05, 3.63) is 53.1 Å². The van der Waals surface area contributed by atoms with Crippen LogP contribution in [-0.4, -0.2) is 31.9 Å². The van der Waals surface area contributed by atoms with Gasteiger partial charge in [0.25, 0.3) is 0 Å². The largest absolute Gasteiger partial charge is 0.493 e. The molecule has 0 saturated heterocycles. The zero-order chi connectivity index (χ0) is 24.6. The Hall–Kier alpha value is -2.38. The number of benzene rings is 1. The average Bonchev–Trinajstić information content (AvgIpc) is 2.73. The van der Waals surface area contributed by atoms with E-state index in [-0.39, 0.29) is 10.6 Å². The van der Waals surface area contributed by atoms with Crippen LogP contribution in [0.4, 0.5) is 0 Å². The summed E-state index contributed by atoms with van der Waals surface area (Å²) in [5.74, 6) is -0.439. The SMILES string of the molecule is CCCCCCCOc1cc2c(cc1/C(C)=C/C=C/C(C)=C/C(=O)O)C(C)(N)CCS2(=O)=O. The zero-order valence-corrected chi connectivity index (χ0v) is 21.0. The third-order valence-electron chi connectivity index (χ3n) is 5.91. The van der Waals surface area contributed by atoms with Gasteiger partial charge in [0, 0.05) is 17.2 Å². The average molecular weight is 476 g/mol. The van der Waals surface area contributed by atoms with Gasteiger partial charge in [0.2, 0.25) is 0 Å². The monoisotopic (exact) mass is 475 g/mol. The number of nitrogens with two attached hydrogens (primary N) is 1. The second kappa shape index (κ2) is 11.7. The Bertz CT molecular complexity index is 1050. The Kier molecular flexibility index (Phi) is 9.49. The number of aliphatic carboxylic acids is 1. The first-order chi connectivity index (χ1) is 15.5. The van der Waals surface area contributed by atoms with Crippen molar-refractivity contribution >= 4 is 21.4 Å². The molecule has 33 heavy (non-hydrogen) atoms. The maximum atomic E-state index is 12.8. The van der Waals surface area contributed by atoms with Crippen molar-refractivity contribution in [3.8, 4) is 5.75 Å². The number of fused-ring (bicyclic) bond motifs is 1. The number of carboxylic acid groups (broad SMARTS) is 1. The van der Waals surface area contributed by atoms with Crippen molar-refractivity contribution < 1.29 is 23.1 Å². The molecule has 7 heteroatoms. The normalized spacial score (nSPS) is 20.6. The minimum Gasteiger partial charge on any atom is -0.493 e. The number of unbranched alkanes of at least 4 members (excludes halogenated alkanes) is 4. The van der Waals surface area contributed by atoms with Crippen LogP contribution >= 0.6 is 0 Å². The van der Waals surface area contributed by atoms with Gasteiger partial charge < -0.3 is 15.6 Å². The summed E-state index contributed by atoms with van der Waals surface area (Å²) in [6, 6.07) is 3.48. The first-order valence-electron chi connectivity index (χ1n) is 11.6. The molecule has 0 spiro atoms. The van der Waals surface area contributed by atoms with Crippen LogP contribution in [0.3, 0.4) is 0 Å². The fraction of sp³-hybridized carbons (Fsp3) is 0.500. The molecule has 0 radical (unpaired) electrons. The molecule has 0 saturated carbocycles. The summed E-state index contributed by atoms with van der Waals surface area (Å²) in [5.41, 5.74) is 8.62. The van der Waals surface area contributed by atoms with Gasteiger partial charge in [-0.25, -0.2) is 13.2 Å². The minimum atomic E-state index is -3.42. The molecule has 2 rings (SSSR count). The van der Waals surface area contributed by atoms with Gasteiger partial charge >= 0.3 is 5.97 Å². The predicted molar refractivity (Wildman–Crippen MR) is 133 cm³/mol. The summed E-state index contributed by atoms with van der Waals surface area (Å²) >= 11 is 0. The Labute approximate surface area is 198 Å². The van der Waals surface area contributed by atoms with E-state index in [4.69, 9.17) is 15.6 Å². The predicted octanol–water partition coefficient (Wildman–Crippen LogP) is 5.38. The van der Waals surface area contributed by atoms with E-state index in [0.717, 1.165) is 36.5 Å². The molecule has 1 aromatic rings. The lowest BCUT2D eigenvalue weighted by Crippen LogP contribution is -2.40. The van der Waals surface area contributed by atoms with Crippen LogP contribution < -0.4 is 10.5 Å². The van der Waals surface area contributed by atoms with Crippen LogP contribution in [0.5, 0.6) is 5.75 Å². The van der Waals surface area contributed by atoms with Gasteiger partial charge in [-0.3, -0.25) is 0 Å². The fourth-order valence-electron chi connectivity index (χ4n) is 3.85. The molecule has 182 valence electrons. The van der Waals surface area contributed by atoms with Crippen LogP contribution in [0, 0.1) is 0 Å². The van der Waals surface area contributed by atoms with Crippen LogP contribution in [0.1, 0.15) is 77.3 Å². The summed E-state index contributed by atoms with van der Waals surface area (Å²) in [5, 5.41) is 8.86. The summed E-state index contributed by atoms with van der Waals surface area (Å²) < 4.78 is 31.7. The van der Waals surface area contributed by atoms with E-state index in [1.165, 1.54) is 12.8 Å². The zero-order valence-electron chi connectivity index (χ0n) is 20.2. The molecule has 1 heterocycles. The summed E-state index contributed by atoms with van der Waals surface area (Å²) in [7, 11) is -3.42. The van der Waals surface area contributed by atoms with E-state index in [2.05, 4.69) is 6.92 Å². The number of rotatable bonds is 11. The smallest absolute Gasteiger partial charge is 0.328 e. The van der Waals surface area contributed by atoms with E-state index in [1.54, 1.807) is 25.1 Å². The third kappa shape index (κ3) is 7.57. The summed E-state index contributed by atoms with van der Waals surface area (Å²) in [6.07, 6.45) is 12.3. The molecule has 0 amide bonds. The molecule has 0 aromatic heterocycles. The highest BCUT2D eigenvalue weighted by molar-refractivity contribution is 7.91. The number of sulfone groups is 1. The highest BCUT2D eigenvalue weighted by Gasteiger charge is 2.37. The van der Waals surface area contributed by atoms with Crippen LogP contribution in [0.15, 0.2) is 46.9 Å². The van der Waals surface area contributed by atoms with Crippen molar-refractivity contribution in [1.82, 2.24) is 0 Å². The van der Waals surface area contributed by atoms with Crippen LogP contribution in [0.25, 0.3) is 5.57 Å². The Balaban J connectivity index is 2.42. The second-order valence-corrected chi connectivity index (χ2v) is 11.1. The van der Waals surface area contributed by atoms with Crippen molar-refractivity contribution in [2.75, 3.05) is 12.4 Å². The number of hydrogen-bond donors (Lipinski definition) is 2. The Morgan fingerprint density at radius 2 is 1.91 bits per heavy atom. The molecule has 0 fully saturated rings. The van der Waals surface area contributed by atoms with E-state index >= 15 is 0 Å². The van der Waals surface area contributed by atoms with E-state index in [9.17, 15) is 13.2 Å². The molecule has 0 bridgehead atoms. The standard InChI is InChI=1S/C26H37NO5S/c1-5-6-7-8-9-14-32-23-18-24-22(26(4,27)13-15-33(24,30)31)17-21(23)20(3)12-10-11-19(2)16-25(28)29/h10-12,16-18H,5-9,13-15,27H2,1-4H3,(H,28,29)/b11-10+,19-16+,20-12+. The lowest BCUT2D eigenvalue weighted by atomic mass is 9.87. The summed E-state index contributed by atoms with van der Waals surface area (Å²) in [6.45, 7) is 8.17. The highest BCUT2D eigenvalue weighted by atomic mass is 32.2. The number of ether oxygens (including phenoxy) is 1. The first-order valence-corrected chi connectivity index (χ1v) is 13.2. The third-order valence-corrected chi connectivity index (χ3v) is 7.66. The lowest BCUT2D eigenvalue weighted by Gasteiger charge is -2.33. The van der Waals surface area contributed by atoms with E-state index in [0.29, 0.717) is 29.9 Å². The van der Waals surface area contributed by atoms with Crippen molar-refractivity contribution in [2.45, 2.75) is 76.7 Å². The molecule has 1 aliphatic rings. The topological polar surface area (TPSA) is 107 Å². The molecule has 6 nitrogen and oxygen atoms in total. The number of hydrogen-bond acceptors (Lipinski definition) is 5. The van der Waals surface area contributed by atoms with Gasteiger partial charge in [0.15, 0.2) is 9.84 Å². The fourth-order valence-corrected chi connectivity index (χ4v) is 5.67. The Morgan fingerprint density at radius 3 is 2.58 bits per heavy atom. The van der Waals surface area contributed by atoms with Gasteiger partial charge in [0.1, 0.15) is 5.75 Å². The maximum absolute atomic E-state index is 12.8. The van der Waals surface area contributed by atoms with Gasteiger partial charge in [0.05, 0.1) is 17.3 Å². The minimum absolute atomic E-state index is 0.0234. The molecule has 1 unspecified atom stereocenters. The van der Waals surface area contributed by atoms with Gasteiger partial charge in [-0.15, -0.1) is 0 Å². The van der Waals surface area contributed by atoms with Crippen molar-refractivity contribution in [3.63, 3.8) is 0 Å². The number of carbonyl (C=O) groups is 1. The van der Waals surface area contributed by atoms with Crippen molar-refractivity contribution in [2.24, 2.45) is 5.73 Å². The molecular weight excluding hydrogens is 438 g/mol. The summed E-state index contributed by atoms with van der Waals surface area (Å²) in [4.78, 5) is 11.1.